The Bertz CT molecular complexity index is 1200. The number of carboxylic acid groups (broad SMARTS) is 1. The van der Waals surface area contributed by atoms with E-state index < -0.39 is 29.2 Å². The molecular weight excluding hydrogens is 437 g/mol. The van der Waals surface area contributed by atoms with Crippen LogP contribution in [0.4, 0.5) is 13.2 Å². The number of hydrogen-bond acceptors (Lipinski definition) is 4. The van der Waals surface area contributed by atoms with Gasteiger partial charge in [-0.3, -0.25) is 9.78 Å². The van der Waals surface area contributed by atoms with Crippen LogP contribution in [0.1, 0.15) is 47.2 Å². The first kappa shape index (κ1) is 22.6. The van der Waals surface area contributed by atoms with E-state index in [-0.39, 0.29) is 23.5 Å². The van der Waals surface area contributed by atoms with Crippen LogP contribution < -0.4 is 10.1 Å². The molecule has 3 aromatic rings. The van der Waals surface area contributed by atoms with Gasteiger partial charge in [0.25, 0.3) is 5.91 Å². The largest absolute Gasteiger partial charge is 0.487 e. The molecule has 0 unspecified atom stereocenters. The summed E-state index contributed by atoms with van der Waals surface area (Å²) < 4.78 is 44.9. The van der Waals surface area contributed by atoms with Crippen molar-refractivity contribution in [2.45, 2.75) is 44.0 Å². The lowest BCUT2D eigenvalue weighted by molar-refractivity contribution is -0.144. The smallest absolute Gasteiger partial charge is 0.417 e. The Kier molecular flexibility index (Phi) is 5.97. The number of halogens is 3. The highest BCUT2D eigenvalue weighted by Gasteiger charge is 2.43. The number of hydrogen-bond donors (Lipinski definition) is 2. The van der Waals surface area contributed by atoms with Crippen LogP contribution in [0.3, 0.4) is 0 Å². The van der Waals surface area contributed by atoms with E-state index in [0.717, 1.165) is 17.6 Å². The number of ether oxygens (including phenoxy) is 1. The van der Waals surface area contributed by atoms with Crippen molar-refractivity contribution in [3.63, 3.8) is 0 Å². The van der Waals surface area contributed by atoms with Gasteiger partial charge in [0.2, 0.25) is 0 Å². The summed E-state index contributed by atoms with van der Waals surface area (Å²) >= 11 is 0. The number of aromatic nitrogens is 1. The molecule has 4 rings (SSSR count). The summed E-state index contributed by atoms with van der Waals surface area (Å²) in [5, 5.41) is 13.7. The minimum Gasteiger partial charge on any atom is -0.487 e. The lowest BCUT2D eigenvalue weighted by Crippen LogP contribution is -2.52. The average Bonchev–Trinajstić information content (AvgIpc) is 3.27. The van der Waals surface area contributed by atoms with Crippen molar-refractivity contribution in [3.05, 3.63) is 71.5 Å². The van der Waals surface area contributed by atoms with Gasteiger partial charge in [-0.05, 0) is 30.4 Å². The maximum Gasteiger partial charge on any atom is 0.417 e. The third kappa shape index (κ3) is 4.62. The van der Waals surface area contributed by atoms with Crippen molar-refractivity contribution in [1.29, 1.82) is 0 Å². The van der Waals surface area contributed by atoms with Crippen LogP contribution in [-0.2, 0) is 17.6 Å². The molecule has 1 saturated carbocycles. The number of aliphatic carboxylic acids is 1. The molecule has 1 fully saturated rings. The van der Waals surface area contributed by atoms with Crippen molar-refractivity contribution < 1.29 is 32.6 Å². The molecule has 1 heterocycles. The number of pyridine rings is 1. The van der Waals surface area contributed by atoms with Crippen LogP contribution in [-0.4, -0.2) is 27.5 Å². The van der Waals surface area contributed by atoms with Gasteiger partial charge in [-0.15, -0.1) is 0 Å². The average molecular weight is 458 g/mol. The number of nitrogens with one attached hydrogen (secondary N) is 1. The summed E-state index contributed by atoms with van der Waals surface area (Å²) in [6.45, 7) is -0.255. The van der Waals surface area contributed by atoms with Gasteiger partial charge in [0, 0.05) is 23.3 Å². The fourth-order valence-corrected chi connectivity index (χ4v) is 4.11. The van der Waals surface area contributed by atoms with Crippen molar-refractivity contribution in [2.75, 3.05) is 0 Å². The number of rotatable bonds is 6. The highest BCUT2D eigenvalue weighted by molar-refractivity contribution is 6.05. The maximum absolute atomic E-state index is 13.2. The van der Waals surface area contributed by atoms with E-state index >= 15 is 0 Å². The summed E-state index contributed by atoms with van der Waals surface area (Å²) in [4.78, 5) is 28.7. The molecule has 2 N–H and O–H groups in total. The molecule has 1 aliphatic carbocycles. The molecule has 0 atom stereocenters. The highest BCUT2D eigenvalue weighted by Crippen LogP contribution is 2.34. The number of benzene rings is 2. The summed E-state index contributed by atoms with van der Waals surface area (Å²) in [5.74, 6) is -1.53. The van der Waals surface area contributed by atoms with Gasteiger partial charge >= 0.3 is 12.1 Å². The van der Waals surface area contributed by atoms with E-state index in [1.54, 1.807) is 24.3 Å². The van der Waals surface area contributed by atoms with Gasteiger partial charge in [-0.25, -0.2) is 4.79 Å². The summed E-state index contributed by atoms with van der Waals surface area (Å²) in [6, 6.07) is 11.3. The van der Waals surface area contributed by atoms with Gasteiger partial charge in [-0.2, -0.15) is 13.2 Å². The molecule has 172 valence electrons. The Balaban J connectivity index is 1.67. The second-order valence-electron chi connectivity index (χ2n) is 8.08. The maximum atomic E-state index is 13.2. The Morgan fingerprint density at radius 3 is 2.52 bits per heavy atom. The molecule has 0 bridgehead atoms. The normalized spacial score (nSPS) is 15.4. The van der Waals surface area contributed by atoms with Crippen molar-refractivity contribution >= 4 is 22.6 Å². The number of amides is 1. The van der Waals surface area contributed by atoms with Gasteiger partial charge in [0.15, 0.2) is 0 Å². The number of carbonyl (C=O) groups excluding carboxylic acids is 1. The number of alkyl halides is 3. The minimum absolute atomic E-state index is 0.112. The standard InChI is InChI=1S/C24H21F3N2O4/c25-24(26,27)17-11-15(12-28-13-17)14-33-20-18-6-2-1-5-16(18)7-8-19(20)21(30)29-23(22(31)32)9-3-4-10-23/h1-2,5-8,11-13H,3-4,9-10,14H2,(H,29,30)(H,31,32). The van der Waals surface area contributed by atoms with Gasteiger partial charge < -0.3 is 15.2 Å². The van der Waals surface area contributed by atoms with Crippen LogP contribution in [0.2, 0.25) is 0 Å². The monoisotopic (exact) mass is 458 g/mol. The topological polar surface area (TPSA) is 88.5 Å². The van der Waals surface area contributed by atoms with E-state index in [1.165, 1.54) is 12.3 Å². The fourth-order valence-electron chi connectivity index (χ4n) is 4.11. The molecule has 0 radical (unpaired) electrons. The molecule has 9 heteroatoms. The fraction of sp³-hybridized carbons (Fsp3) is 0.292. The SMILES string of the molecule is O=C(NC1(C(=O)O)CCCC1)c1ccc2ccccc2c1OCc1cncc(C(F)(F)F)c1. The molecule has 1 amide bonds. The minimum atomic E-state index is -4.54. The summed E-state index contributed by atoms with van der Waals surface area (Å²) in [5.41, 5.74) is -1.95. The lowest BCUT2D eigenvalue weighted by atomic mass is 9.96. The van der Waals surface area contributed by atoms with Crippen molar-refractivity contribution in [2.24, 2.45) is 0 Å². The van der Waals surface area contributed by atoms with Crippen LogP contribution in [0.5, 0.6) is 5.75 Å². The number of fused-ring (bicyclic) bond motifs is 1. The van der Waals surface area contributed by atoms with E-state index in [9.17, 15) is 27.9 Å². The second kappa shape index (κ2) is 8.73. The summed E-state index contributed by atoms with van der Waals surface area (Å²) in [7, 11) is 0. The first-order valence-electron chi connectivity index (χ1n) is 10.4. The number of carboxylic acids is 1. The van der Waals surface area contributed by atoms with E-state index in [4.69, 9.17) is 4.74 Å². The van der Waals surface area contributed by atoms with Gasteiger partial charge in [0.1, 0.15) is 17.9 Å². The first-order valence-corrected chi connectivity index (χ1v) is 10.4. The summed E-state index contributed by atoms with van der Waals surface area (Å²) in [6.07, 6.45) is -0.515. The molecule has 2 aromatic carbocycles. The third-order valence-corrected chi connectivity index (χ3v) is 5.85. The Morgan fingerprint density at radius 1 is 1.09 bits per heavy atom. The van der Waals surface area contributed by atoms with Gasteiger partial charge in [-0.1, -0.05) is 43.2 Å². The molecule has 0 saturated heterocycles. The molecule has 1 aromatic heterocycles. The van der Waals surface area contributed by atoms with Crippen LogP contribution in [0, 0.1) is 0 Å². The predicted molar refractivity (Wildman–Crippen MR) is 114 cm³/mol. The van der Waals surface area contributed by atoms with Gasteiger partial charge in [0.05, 0.1) is 11.1 Å². The first-order chi connectivity index (χ1) is 15.7. The second-order valence-corrected chi connectivity index (χ2v) is 8.08. The zero-order valence-electron chi connectivity index (χ0n) is 17.5. The lowest BCUT2D eigenvalue weighted by Gasteiger charge is -2.26. The Labute approximate surface area is 187 Å². The van der Waals surface area contributed by atoms with E-state index in [0.29, 0.717) is 31.1 Å². The van der Waals surface area contributed by atoms with Crippen LogP contribution >= 0.6 is 0 Å². The molecule has 33 heavy (non-hydrogen) atoms. The quantitative estimate of drug-likeness (QED) is 0.545. The van der Waals surface area contributed by atoms with E-state index in [1.807, 2.05) is 6.07 Å². The molecule has 0 aliphatic heterocycles. The number of nitrogens with zero attached hydrogens (tertiary/aromatic N) is 1. The van der Waals surface area contributed by atoms with E-state index in [2.05, 4.69) is 10.3 Å². The molecule has 0 spiro atoms. The highest BCUT2D eigenvalue weighted by atomic mass is 19.4. The number of carbonyl (C=O) groups is 2. The zero-order valence-corrected chi connectivity index (χ0v) is 17.5. The third-order valence-electron chi connectivity index (χ3n) is 5.85. The zero-order chi connectivity index (χ0) is 23.6. The molecular formula is C24H21F3N2O4. The van der Waals surface area contributed by atoms with Crippen molar-refractivity contribution in [1.82, 2.24) is 10.3 Å². The van der Waals surface area contributed by atoms with Crippen molar-refractivity contribution in [3.8, 4) is 5.75 Å². The predicted octanol–water partition coefficient (Wildman–Crippen LogP) is 4.96. The molecule has 6 nitrogen and oxygen atoms in total. The Morgan fingerprint density at radius 2 is 1.82 bits per heavy atom. The molecule has 1 aliphatic rings. The van der Waals surface area contributed by atoms with Crippen LogP contribution in [0.25, 0.3) is 10.8 Å². The van der Waals surface area contributed by atoms with Crippen LogP contribution in [0.15, 0.2) is 54.9 Å². The Hall–Kier alpha value is -3.62.